The van der Waals surface area contributed by atoms with Crippen molar-refractivity contribution in [2.24, 2.45) is 5.73 Å². The smallest absolute Gasteiger partial charge is 0.223 e. The minimum atomic E-state index is -0.307. The highest BCUT2D eigenvalue weighted by Crippen LogP contribution is 2.23. The van der Waals surface area contributed by atoms with Crippen LogP contribution in [0.1, 0.15) is 33.1 Å². The van der Waals surface area contributed by atoms with Crippen molar-refractivity contribution in [2.45, 2.75) is 38.6 Å². The Balaban J connectivity index is 0.00000400. The van der Waals surface area contributed by atoms with Gasteiger partial charge in [-0.1, -0.05) is 26.0 Å². The quantitative estimate of drug-likeness (QED) is 0.728. The molecule has 0 aliphatic heterocycles. The van der Waals surface area contributed by atoms with Crippen molar-refractivity contribution in [3.8, 4) is 5.75 Å². The van der Waals surface area contributed by atoms with Gasteiger partial charge < -0.3 is 15.8 Å². The van der Waals surface area contributed by atoms with Gasteiger partial charge in [0.1, 0.15) is 5.75 Å². The van der Waals surface area contributed by atoms with E-state index in [9.17, 15) is 4.79 Å². The molecule has 0 bridgehead atoms. The van der Waals surface area contributed by atoms with Crippen molar-refractivity contribution in [1.82, 2.24) is 5.32 Å². The van der Waals surface area contributed by atoms with Gasteiger partial charge >= 0.3 is 0 Å². The van der Waals surface area contributed by atoms with Crippen molar-refractivity contribution in [3.63, 3.8) is 0 Å². The van der Waals surface area contributed by atoms with Gasteiger partial charge in [-0.05, 0) is 40.9 Å². The summed E-state index contributed by atoms with van der Waals surface area (Å²) in [6, 6.07) is 7.58. The first-order chi connectivity index (χ1) is 9.50. The Morgan fingerprint density at radius 2 is 1.95 bits per heavy atom. The first-order valence-corrected chi connectivity index (χ1v) is 7.73. The van der Waals surface area contributed by atoms with Crippen molar-refractivity contribution in [2.75, 3.05) is 13.2 Å². The number of amides is 1. The van der Waals surface area contributed by atoms with Gasteiger partial charge in [-0.2, -0.15) is 0 Å². The number of nitrogens with two attached hydrogens (primary N) is 1. The lowest BCUT2D eigenvalue weighted by molar-refractivity contribution is -0.121. The number of hydrogen-bond donors (Lipinski definition) is 2. The summed E-state index contributed by atoms with van der Waals surface area (Å²) in [5.41, 5.74) is 5.83. The summed E-state index contributed by atoms with van der Waals surface area (Å²) in [5, 5.41) is 2.87. The Labute approximate surface area is 141 Å². The largest absolute Gasteiger partial charge is 0.492 e. The van der Waals surface area contributed by atoms with Crippen LogP contribution in [0.15, 0.2) is 28.7 Å². The first kappa shape index (κ1) is 20.2. The minimum Gasteiger partial charge on any atom is -0.492 e. The normalized spacial score (nSPS) is 10.7. The highest BCUT2D eigenvalue weighted by molar-refractivity contribution is 9.10. The molecule has 0 fully saturated rings. The number of nitrogens with one attached hydrogen (secondary N) is 1. The second-order valence-corrected chi connectivity index (χ2v) is 5.73. The minimum absolute atomic E-state index is 0. The topological polar surface area (TPSA) is 64.3 Å². The lowest BCUT2D eigenvalue weighted by Gasteiger charge is -2.26. The van der Waals surface area contributed by atoms with Crippen molar-refractivity contribution >= 4 is 34.2 Å². The lowest BCUT2D eigenvalue weighted by Crippen LogP contribution is -2.49. The Bertz CT molecular complexity index is 439. The molecule has 1 amide bonds. The zero-order chi connectivity index (χ0) is 15.0. The number of rotatable bonds is 8. The van der Waals surface area contributed by atoms with E-state index in [1.165, 1.54) is 0 Å². The average molecular weight is 380 g/mol. The molecule has 0 atom stereocenters. The van der Waals surface area contributed by atoms with E-state index in [0.29, 0.717) is 19.6 Å². The second-order valence-electron chi connectivity index (χ2n) is 4.88. The third-order valence-corrected chi connectivity index (χ3v) is 4.12. The van der Waals surface area contributed by atoms with E-state index in [2.05, 4.69) is 21.2 Å². The number of benzene rings is 1. The van der Waals surface area contributed by atoms with Crippen LogP contribution in [0.25, 0.3) is 0 Å². The predicted molar refractivity (Wildman–Crippen MR) is 92.0 cm³/mol. The third kappa shape index (κ3) is 7.16. The van der Waals surface area contributed by atoms with Gasteiger partial charge in [-0.25, -0.2) is 0 Å². The molecular weight excluding hydrogens is 356 g/mol. The van der Waals surface area contributed by atoms with E-state index in [4.69, 9.17) is 10.5 Å². The fourth-order valence-electron chi connectivity index (χ4n) is 1.68. The number of hydrogen-bond acceptors (Lipinski definition) is 3. The number of carbonyl (C=O) groups excluding carboxylic acids is 1. The molecule has 1 aromatic carbocycles. The van der Waals surface area contributed by atoms with Gasteiger partial charge in [-0.3, -0.25) is 4.79 Å². The first-order valence-electron chi connectivity index (χ1n) is 6.93. The summed E-state index contributed by atoms with van der Waals surface area (Å²) in [6.45, 7) is 4.93. The van der Waals surface area contributed by atoms with Crippen molar-refractivity contribution in [1.29, 1.82) is 0 Å². The summed E-state index contributed by atoms with van der Waals surface area (Å²) in [4.78, 5) is 11.7. The number of carbonyl (C=O) groups is 1. The van der Waals surface area contributed by atoms with Crippen LogP contribution in [-0.4, -0.2) is 24.6 Å². The van der Waals surface area contributed by atoms with Crippen molar-refractivity contribution < 1.29 is 9.53 Å². The standard InChI is InChI=1S/C15H23BrN2O2.ClH/c1-3-15(17,4-2)11-18-14(19)9-10-20-13-8-6-5-7-12(13)16;/h5-8H,3-4,9-11,17H2,1-2H3,(H,18,19);1H. The van der Waals surface area contributed by atoms with Crippen LogP contribution < -0.4 is 15.8 Å². The third-order valence-electron chi connectivity index (χ3n) is 3.47. The second kappa shape index (κ2) is 10.0. The van der Waals surface area contributed by atoms with Crippen LogP contribution in [0.4, 0.5) is 0 Å². The Morgan fingerprint density at radius 1 is 1.33 bits per heavy atom. The predicted octanol–water partition coefficient (Wildman–Crippen LogP) is 3.27. The highest BCUT2D eigenvalue weighted by Gasteiger charge is 2.20. The molecule has 6 heteroatoms. The zero-order valence-corrected chi connectivity index (χ0v) is 14.9. The van der Waals surface area contributed by atoms with Crippen LogP contribution in [0.3, 0.4) is 0 Å². The summed E-state index contributed by atoms with van der Waals surface area (Å²) in [7, 11) is 0. The molecule has 0 saturated carbocycles. The molecule has 0 aliphatic carbocycles. The fourth-order valence-corrected chi connectivity index (χ4v) is 2.08. The van der Waals surface area contributed by atoms with Gasteiger partial charge in [0.15, 0.2) is 0 Å². The summed E-state index contributed by atoms with van der Waals surface area (Å²) >= 11 is 3.40. The molecule has 4 nitrogen and oxygen atoms in total. The van der Waals surface area contributed by atoms with E-state index < -0.39 is 0 Å². The Kier molecular flexibility index (Phi) is 9.66. The van der Waals surface area contributed by atoms with Gasteiger partial charge in [0.25, 0.3) is 0 Å². The summed E-state index contributed by atoms with van der Waals surface area (Å²) in [6.07, 6.45) is 2.01. The monoisotopic (exact) mass is 378 g/mol. The maximum absolute atomic E-state index is 11.7. The van der Waals surface area contributed by atoms with Crippen LogP contribution in [0.5, 0.6) is 5.75 Å². The molecule has 21 heavy (non-hydrogen) atoms. The molecule has 1 aromatic rings. The maximum Gasteiger partial charge on any atom is 0.223 e. The molecule has 0 spiro atoms. The average Bonchev–Trinajstić information content (AvgIpc) is 2.47. The molecular formula is C15H24BrClN2O2. The van der Waals surface area contributed by atoms with Crippen LogP contribution in [-0.2, 0) is 4.79 Å². The highest BCUT2D eigenvalue weighted by atomic mass is 79.9. The molecule has 1 rings (SSSR count). The molecule has 0 unspecified atom stereocenters. The lowest BCUT2D eigenvalue weighted by atomic mass is 9.94. The number of para-hydroxylation sites is 1. The van der Waals surface area contributed by atoms with E-state index in [1.807, 2.05) is 38.1 Å². The van der Waals surface area contributed by atoms with E-state index in [-0.39, 0.29) is 23.9 Å². The van der Waals surface area contributed by atoms with E-state index in [0.717, 1.165) is 23.1 Å². The SMILES string of the molecule is CCC(N)(CC)CNC(=O)CCOc1ccccc1Br.Cl. The van der Waals surface area contributed by atoms with Crippen LogP contribution in [0.2, 0.25) is 0 Å². The summed E-state index contributed by atoms with van der Waals surface area (Å²) < 4.78 is 6.44. The number of ether oxygens (including phenoxy) is 1. The van der Waals surface area contributed by atoms with E-state index in [1.54, 1.807) is 0 Å². The summed E-state index contributed by atoms with van der Waals surface area (Å²) in [5.74, 6) is 0.712. The molecule has 0 radical (unpaired) electrons. The molecule has 0 heterocycles. The van der Waals surface area contributed by atoms with Gasteiger partial charge in [-0.15, -0.1) is 12.4 Å². The van der Waals surface area contributed by atoms with E-state index >= 15 is 0 Å². The number of halogens is 2. The van der Waals surface area contributed by atoms with Gasteiger partial charge in [0.05, 0.1) is 17.5 Å². The van der Waals surface area contributed by atoms with Crippen molar-refractivity contribution in [3.05, 3.63) is 28.7 Å². The Hall–Kier alpha value is -0.780. The molecule has 120 valence electrons. The molecule has 0 aromatic heterocycles. The zero-order valence-electron chi connectivity index (χ0n) is 12.5. The molecule has 0 saturated heterocycles. The molecule has 0 aliphatic rings. The van der Waals surface area contributed by atoms with Gasteiger partial charge in [0, 0.05) is 12.1 Å². The van der Waals surface area contributed by atoms with Crippen LogP contribution >= 0.6 is 28.3 Å². The maximum atomic E-state index is 11.7. The molecule has 3 N–H and O–H groups in total. The van der Waals surface area contributed by atoms with Crippen LogP contribution in [0, 0.1) is 0 Å². The Morgan fingerprint density at radius 3 is 2.52 bits per heavy atom. The van der Waals surface area contributed by atoms with Gasteiger partial charge in [0.2, 0.25) is 5.91 Å². The fraction of sp³-hybridized carbons (Fsp3) is 0.533.